The van der Waals surface area contributed by atoms with Gasteiger partial charge in [0.25, 0.3) is 0 Å². The Kier molecular flexibility index (Phi) is 5.81. The van der Waals surface area contributed by atoms with E-state index in [0.717, 1.165) is 19.5 Å². The van der Waals surface area contributed by atoms with Crippen LogP contribution >= 0.6 is 0 Å². The maximum Gasteiger partial charge on any atom is 0.222 e. The van der Waals surface area contributed by atoms with Gasteiger partial charge in [-0.1, -0.05) is 13.3 Å². The van der Waals surface area contributed by atoms with Crippen molar-refractivity contribution in [2.24, 2.45) is 0 Å². The van der Waals surface area contributed by atoms with Crippen molar-refractivity contribution < 1.29 is 4.79 Å². The van der Waals surface area contributed by atoms with E-state index in [2.05, 4.69) is 26.1 Å². The summed E-state index contributed by atoms with van der Waals surface area (Å²) in [4.78, 5) is 14.0. The lowest BCUT2D eigenvalue weighted by Gasteiger charge is -2.33. The molecule has 0 aliphatic carbocycles. The molecular formula is C13H26N2O. The number of nitrogens with one attached hydrogen (secondary N) is 1. The highest BCUT2D eigenvalue weighted by Crippen LogP contribution is 2.11. The van der Waals surface area contributed by atoms with E-state index in [-0.39, 0.29) is 0 Å². The van der Waals surface area contributed by atoms with Crippen molar-refractivity contribution in [3.63, 3.8) is 0 Å². The topological polar surface area (TPSA) is 32.3 Å². The van der Waals surface area contributed by atoms with Crippen LogP contribution in [-0.2, 0) is 4.79 Å². The standard InChI is InChI=1S/C13H26N2O/c1-4-7-13(16)15(11(2)3)10-12-8-5-6-9-14-12/h11-12,14H,4-10H2,1-3H3. The van der Waals surface area contributed by atoms with E-state index < -0.39 is 0 Å². The van der Waals surface area contributed by atoms with Crippen LogP contribution in [0.2, 0.25) is 0 Å². The van der Waals surface area contributed by atoms with Crippen LogP contribution in [0.25, 0.3) is 0 Å². The third-order valence-corrected chi connectivity index (χ3v) is 3.24. The second kappa shape index (κ2) is 6.89. The number of rotatable bonds is 5. The lowest BCUT2D eigenvalue weighted by Crippen LogP contribution is -2.48. The molecule has 94 valence electrons. The highest BCUT2D eigenvalue weighted by molar-refractivity contribution is 5.76. The van der Waals surface area contributed by atoms with Crippen molar-refractivity contribution >= 4 is 5.91 Å². The van der Waals surface area contributed by atoms with Gasteiger partial charge in [0.2, 0.25) is 5.91 Å². The number of nitrogens with zero attached hydrogens (tertiary/aromatic N) is 1. The Morgan fingerprint density at radius 1 is 1.44 bits per heavy atom. The molecule has 1 rings (SSSR count). The number of carbonyl (C=O) groups is 1. The molecule has 0 aromatic rings. The number of hydrogen-bond donors (Lipinski definition) is 1. The Morgan fingerprint density at radius 2 is 2.19 bits per heavy atom. The molecule has 1 amide bonds. The molecule has 3 nitrogen and oxygen atoms in total. The largest absolute Gasteiger partial charge is 0.339 e. The maximum absolute atomic E-state index is 12.0. The molecule has 1 fully saturated rings. The fourth-order valence-electron chi connectivity index (χ4n) is 2.28. The molecule has 0 radical (unpaired) electrons. The number of amides is 1. The molecule has 1 heterocycles. The number of carbonyl (C=O) groups excluding carboxylic acids is 1. The van der Waals surface area contributed by atoms with Crippen molar-refractivity contribution in [3.05, 3.63) is 0 Å². The van der Waals surface area contributed by atoms with Crippen LogP contribution < -0.4 is 5.32 Å². The Bertz CT molecular complexity index is 210. The van der Waals surface area contributed by atoms with Crippen molar-refractivity contribution in [3.8, 4) is 0 Å². The second-order valence-corrected chi connectivity index (χ2v) is 5.04. The smallest absolute Gasteiger partial charge is 0.222 e. The van der Waals surface area contributed by atoms with Gasteiger partial charge in [0, 0.05) is 25.0 Å². The fraction of sp³-hybridized carbons (Fsp3) is 0.923. The molecule has 1 aliphatic rings. The molecule has 0 bridgehead atoms. The first kappa shape index (κ1) is 13.5. The summed E-state index contributed by atoms with van der Waals surface area (Å²) in [6.07, 6.45) is 5.42. The summed E-state index contributed by atoms with van der Waals surface area (Å²) >= 11 is 0. The Morgan fingerprint density at radius 3 is 2.69 bits per heavy atom. The molecule has 1 atom stereocenters. The normalized spacial score (nSPS) is 21.1. The van der Waals surface area contributed by atoms with Gasteiger partial charge in [-0.25, -0.2) is 0 Å². The van der Waals surface area contributed by atoms with E-state index in [0.29, 0.717) is 24.4 Å². The minimum absolute atomic E-state index is 0.310. The molecule has 0 saturated carbocycles. The summed E-state index contributed by atoms with van der Waals surface area (Å²) in [7, 11) is 0. The minimum atomic E-state index is 0.310. The summed E-state index contributed by atoms with van der Waals surface area (Å²) in [5.74, 6) is 0.310. The molecule has 0 aromatic carbocycles. The fourth-order valence-corrected chi connectivity index (χ4v) is 2.28. The molecule has 1 saturated heterocycles. The van der Waals surface area contributed by atoms with Crippen LogP contribution in [0.5, 0.6) is 0 Å². The number of hydrogen-bond acceptors (Lipinski definition) is 2. The van der Waals surface area contributed by atoms with Crippen LogP contribution in [0.3, 0.4) is 0 Å². The van der Waals surface area contributed by atoms with Gasteiger partial charge in [0.15, 0.2) is 0 Å². The van der Waals surface area contributed by atoms with E-state index >= 15 is 0 Å². The number of piperidine rings is 1. The Labute approximate surface area is 99.6 Å². The van der Waals surface area contributed by atoms with Crippen LogP contribution in [0.15, 0.2) is 0 Å². The predicted molar refractivity (Wildman–Crippen MR) is 67.4 cm³/mol. The zero-order valence-electron chi connectivity index (χ0n) is 11.0. The summed E-state index contributed by atoms with van der Waals surface area (Å²) in [6, 6.07) is 0.833. The SMILES string of the molecule is CCCC(=O)N(CC1CCCCN1)C(C)C. The molecule has 0 spiro atoms. The summed E-state index contributed by atoms with van der Waals surface area (Å²) < 4.78 is 0. The van der Waals surface area contributed by atoms with Gasteiger partial charge in [-0.2, -0.15) is 0 Å². The molecule has 0 aromatic heterocycles. The monoisotopic (exact) mass is 226 g/mol. The zero-order valence-corrected chi connectivity index (χ0v) is 11.0. The van der Waals surface area contributed by atoms with Crippen molar-refractivity contribution in [2.75, 3.05) is 13.1 Å². The van der Waals surface area contributed by atoms with Gasteiger partial charge in [-0.15, -0.1) is 0 Å². The van der Waals surface area contributed by atoms with Gasteiger partial charge >= 0.3 is 0 Å². The Balaban J connectivity index is 2.46. The zero-order chi connectivity index (χ0) is 12.0. The quantitative estimate of drug-likeness (QED) is 0.779. The van der Waals surface area contributed by atoms with Gasteiger partial charge in [0.1, 0.15) is 0 Å². The van der Waals surface area contributed by atoms with Gasteiger partial charge in [-0.05, 0) is 39.7 Å². The van der Waals surface area contributed by atoms with Crippen molar-refractivity contribution in [2.45, 2.75) is 65.0 Å². The van der Waals surface area contributed by atoms with Crippen molar-refractivity contribution in [1.29, 1.82) is 0 Å². The van der Waals surface area contributed by atoms with E-state index in [4.69, 9.17) is 0 Å². The third kappa shape index (κ3) is 4.12. The molecule has 1 aliphatic heterocycles. The van der Waals surface area contributed by atoms with Crippen molar-refractivity contribution in [1.82, 2.24) is 10.2 Å². The highest BCUT2D eigenvalue weighted by Gasteiger charge is 2.21. The molecule has 16 heavy (non-hydrogen) atoms. The van der Waals surface area contributed by atoms with Crippen LogP contribution in [0, 0.1) is 0 Å². The molecule has 1 N–H and O–H groups in total. The first-order valence-corrected chi connectivity index (χ1v) is 6.68. The van der Waals surface area contributed by atoms with E-state index in [9.17, 15) is 4.79 Å². The molecule has 3 heteroatoms. The first-order valence-electron chi connectivity index (χ1n) is 6.68. The van der Waals surface area contributed by atoms with Crippen LogP contribution in [0.4, 0.5) is 0 Å². The highest BCUT2D eigenvalue weighted by atomic mass is 16.2. The van der Waals surface area contributed by atoms with E-state index in [1.54, 1.807) is 0 Å². The summed E-state index contributed by atoms with van der Waals surface area (Å²) in [5, 5.41) is 3.51. The summed E-state index contributed by atoms with van der Waals surface area (Å²) in [6.45, 7) is 8.27. The van der Waals surface area contributed by atoms with Crippen LogP contribution in [0.1, 0.15) is 52.9 Å². The average Bonchev–Trinajstić information content (AvgIpc) is 2.27. The third-order valence-electron chi connectivity index (χ3n) is 3.24. The first-order chi connectivity index (χ1) is 7.65. The van der Waals surface area contributed by atoms with Gasteiger partial charge in [-0.3, -0.25) is 4.79 Å². The van der Waals surface area contributed by atoms with Crippen LogP contribution in [-0.4, -0.2) is 36.0 Å². The lowest BCUT2D eigenvalue weighted by atomic mass is 10.0. The second-order valence-electron chi connectivity index (χ2n) is 5.04. The average molecular weight is 226 g/mol. The predicted octanol–water partition coefficient (Wildman–Crippen LogP) is 2.17. The van der Waals surface area contributed by atoms with Gasteiger partial charge < -0.3 is 10.2 Å². The molecule has 1 unspecified atom stereocenters. The minimum Gasteiger partial charge on any atom is -0.339 e. The van der Waals surface area contributed by atoms with Gasteiger partial charge in [0.05, 0.1) is 0 Å². The van der Waals surface area contributed by atoms with E-state index in [1.807, 2.05) is 4.90 Å². The molecular weight excluding hydrogens is 200 g/mol. The summed E-state index contributed by atoms with van der Waals surface area (Å²) in [5.41, 5.74) is 0. The maximum atomic E-state index is 12.0. The Hall–Kier alpha value is -0.570. The lowest BCUT2D eigenvalue weighted by molar-refractivity contribution is -0.133. The van der Waals surface area contributed by atoms with E-state index in [1.165, 1.54) is 19.3 Å².